The third-order valence-corrected chi connectivity index (χ3v) is 3.87. The normalized spacial score (nSPS) is 19.9. The Morgan fingerprint density at radius 2 is 1.93 bits per heavy atom. The van der Waals surface area contributed by atoms with Crippen LogP contribution >= 0.6 is 31.9 Å². The number of hydrogen-bond donors (Lipinski definition) is 0. The lowest BCUT2D eigenvalue weighted by Gasteiger charge is -2.25. The first-order valence-corrected chi connectivity index (χ1v) is 6.27. The highest BCUT2D eigenvalue weighted by Gasteiger charge is 2.30. The maximum absolute atomic E-state index is 11.3. The fourth-order valence-corrected chi connectivity index (χ4v) is 3.28. The van der Waals surface area contributed by atoms with Gasteiger partial charge in [-0.3, -0.25) is 4.79 Å². The van der Waals surface area contributed by atoms with Crippen LogP contribution in [0.2, 0.25) is 0 Å². The lowest BCUT2D eigenvalue weighted by molar-refractivity contribution is -0.125. The molecule has 2 rings (SSSR count). The topological polar surface area (TPSA) is 26.3 Å². The maximum atomic E-state index is 11.3. The number of Topliss-reactive ketones (excluding diaryl/α,β-unsaturated/α-hetero) is 1. The lowest BCUT2D eigenvalue weighted by atomic mass is 9.79. The van der Waals surface area contributed by atoms with Crippen LogP contribution < -0.4 is 4.74 Å². The molecule has 0 N–H and O–H groups in total. The molecule has 1 aliphatic carbocycles. The van der Waals surface area contributed by atoms with Gasteiger partial charge in [0.15, 0.2) is 0 Å². The van der Waals surface area contributed by atoms with Gasteiger partial charge in [0, 0.05) is 12.3 Å². The Labute approximate surface area is 105 Å². The molecule has 0 radical (unpaired) electrons. The predicted molar refractivity (Wildman–Crippen MR) is 65.4 cm³/mol. The van der Waals surface area contributed by atoms with Crippen LogP contribution in [0.25, 0.3) is 0 Å². The molecule has 0 heterocycles. The van der Waals surface area contributed by atoms with Crippen molar-refractivity contribution >= 4 is 37.6 Å². The molecule has 80 valence electrons. The van der Waals surface area contributed by atoms with Gasteiger partial charge in [-0.05, 0) is 56.0 Å². The highest BCUT2D eigenvalue weighted by molar-refractivity contribution is 9.11. The fourth-order valence-electron chi connectivity index (χ4n) is 1.73. The van der Waals surface area contributed by atoms with Crippen LogP contribution in [0.1, 0.15) is 24.3 Å². The number of carbonyl (C=O) groups excluding carboxylic acids is 1. The van der Waals surface area contributed by atoms with Crippen molar-refractivity contribution in [1.82, 2.24) is 0 Å². The SMILES string of the molecule is COc1c(Br)cc(C2CCC2=O)cc1Br. The summed E-state index contributed by atoms with van der Waals surface area (Å²) in [6.45, 7) is 0. The molecule has 0 spiro atoms. The molecular formula is C11H10Br2O2. The lowest BCUT2D eigenvalue weighted by Crippen LogP contribution is -2.23. The summed E-state index contributed by atoms with van der Waals surface area (Å²) in [5, 5.41) is 0. The third kappa shape index (κ3) is 1.97. The van der Waals surface area contributed by atoms with Crippen LogP contribution in [0.15, 0.2) is 21.1 Å². The van der Waals surface area contributed by atoms with Crippen molar-refractivity contribution < 1.29 is 9.53 Å². The van der Waals surface area contributed by atoms with Crippen molar-refractivity contribution in [1.29, 1.82) is 0 Å². The van der Waals surface area contributed by atoms with Crippen LogP contribution in [-0.2, 0) is 4.79 Å². The first-order valence-electron chi connectivity index (χ1n) is 4.69. The number of benzene rings is 1. The summed E-state index contributed by atoms with van der Waals surface area (Å²) in [6.07, 6.45) is 1.68. The predicted octanol–water partition coefficient (Wildman–Crippen LogP) is 3.67. The minimum Gasteiger partial charge on any atom is -0.494 e. The van der Waals surface area contributed by atoms with Gasteiger partial charge in [-0.2, -0.15) is 0 Å². The average Bonchev–Trinajstić information content (AvgIpc) is 2.15. The molecular weight excluding hydrogens is 324 g/mol. The molecule has 1 saturated carbocycles. The van der Waals surface area contributed by atoms with E-state index in [4.69, 9.17) is 4.74 Å². The number of hydrogen-bond acceptors (Lipinski definition) is 2. The molecule has 0 aliphatic heterocycles. The van der Waals surface area contributed by atoms with Crippen LogP contribution in [0.5, 0.6) is 5.75 Å². The molecule has 0 bridgehead atoms. The number of ketones is 1. The van der Waals surface area contributed by atoms with Crippen LogP contribution in [0.4, 0.5) is 0 Å². The Hall–Kier alpha value is -0.350. The van der Waals surface area contributed by atoms with Gasteiger partial charge in [-0.1, -0.05) is 0 Å². The molecule has 0 saturated heterocycles. The number of carbonyl (C=O) groups is 1. The number of halogens is 2. The Morgan fingerprint density at radius 1 is 1.33 bits per heavy atom. The van der Waals surface area contributed by atoms with Gasteiger partial charge in [-0.25, -0.2) is 0 Å². The molecule has 1 aliphatic rings. The summed E-state index contributed by atoms with van der Waals surface area (Å²) in [4.78, 5) is 11.3. The zero-order valence-corrected chi connectivity index (χ0v) is 11.4. The summed E-state index contributed by atoms with van der Waals surface area (Å²) < 4.78 is 6.98. The molecule has 1 aromatic carbocycles. The second kappa shape index (κ2) is 4.26. The Kier molecular flexibility index (Phi) is 3.16. The zero-order valence-electron chi connectivity index (χ0n) is 8.22. The molecule has 0 amide bonds. The van der Waals surface area contributed by atoms with E-state index in [1.54, 1.807) is 7.11 Å². The van der Waals surface area contributed by atoms with Crippen molar-refractivity contribution in [3.05, 3.63) is 26.6 Å². The van der Waals surface area contributed by atoms with Crippen LogP contribution in [0.3, 0.4) is 0 Å². The first kappa shape index (κ1) is 11.1. The van der Waals surface area contributed by atoms with Crippen molar-refractivity contribution in [3.63, 3.8) is 0 Å². The highest BCUT2D eigenvalue weighted by Crippen LogP contribution is 2.40. The second-order valence-electron chi connectivity index (χ2n) is 3.58. The van der Waals surface area contributed by atoms with E-state index in [2.05, 4.69) is 31.9 Å². The van der Waals surface area contributed by atoms with Gasteiger partial charge < -0.3 is 4.74 Å². The maximum Gasteiger partial charge on any atom is 0.147 e. The van der Waals surface area contributed by atoms with Crippen molar-refractivity contribution in [2.45, 2.75) is 18.8 Å². The molecule has 15 heavy (non-hydrogen) atoms. The number of ether oxygens (including phenoxy) is 1. The third-order valence-electron chi connectivity index (χ3n) is 2.70. The standard InChI is InChI=1S/C11H10Br2O2/c1-15-11-8(12)4-6(5-9(11)13)7-2-3-10(7)14/h4-5,7H,2-3H2,1H3. The summed E-state index contributed by atoms with van der Waals surface area (Å²) in [5.74, 6) is 1.19. The van der Waals surface area contributed by atoms with E-state index in [1.165, 1.54) is 0 Å². The first-order chi connectivity index (χ1) is 7.13. The Morgan fingerprint density at radius 3 is 2.27 bits per heavy atom. The summed E-state index contributed by atoms with van der Waals surface area (Å²) in [7, 11) is 1.62. The van der Waals surface area contributed by atoms with Crippen molar-refractivity contribution in [2.75, 3.05) is 7.11 Å². The quantitative estimate of drug-likeness (QED) is 0.825. The summed E-state index contributed by atoms with van der Waals surface area (Å²) >= 11 is 6.87. The smallest absolute Gasteiger partial charge is 0.147 e. The van der Waals surface area contributed by atoms with E-state index >= 15 is 0 Å². The van der Waals surface area contributed by atoms with E-state index < -0.39 is 0 Å². The van der Waals surface area contributed by atoms with Crippen LogP contribution in [0, 0.1) is 0 Å². The van der Waals surface area contributed by atoms with Gasteiger partial charge in [0.2, 0.25) is 0 Å². The van der Waals surface area contributed by atoms with Gasteiger partial charge in [0.25, 0.3) is 0 Å². The van der Waals surface area contributed by atoms with Gasteiger partial charge in [-0.15, -0.1) is 0 Å². The number of methoxy groups -OCH3 is 1. The highest BCUT2D eigenvalue weighted by atomic mass is 79.9. The van der Waals surface area contributed by atoms with Crippen LogP contribution in [-0.4, -0.2) is 12.9 Å². The monoisotopic (exact) mass is 332 g/mol. The number of rotatable bonds is 2. The molecule has 1 unspecified atom stereocenters. The second-order valence-corrected chi connectivity index (χ2v) is 5.28. The van der Waals surface area contributed by atoms with Gasteiger partial charge >= 0.3 is 0 Å². The molecule has 1 fully saturated rings. The van der Waals surface area contributed by atoms with E-state index in [1.807, 2.05) is 12.1 Å². The van der Waals surface area contributed by atoms with E-state index in [9.17, 15) is 4.79 Å². The molecule has 4 heteroatoms. The van der Waals surface area contributed by atoms with E-state index in [0.29, 0.717) is 12.2 Å². The molecule has 2 nitrogen and oxygen atoms in total. The Balaban J connectivity index is 2.39. The summed E-state index contributed by atoms with van der Waals surface area (Å²) in [5.41, 5.74) is 1.06. The fraction of sp³-hybridized carbons (Fsp3) is 0.364. The zero-order chi connectivity index (χ0) is 11.0. The van der Waals surface area contributed by atoms with Crippen molar-refractivity contribution in [3.8, 4) is 5.75 Å². The van der Waals surface area contributed by atoms with Gasteiger partial charge in [0.05, 0.1) is 16.1 Å². The average molecular weight is 334 g/mol. The summed E-state index contributed by atoms with van der Waals surface area (Å²) in [6, 6.07) is 3.93. The molecule has 0 aromatic heterocycles. The minimum absolute atomic E-state index is 0.0866. The van der Waals surface area contributed by atoms with Crippen molar-refractivity contribution in [2.24, 2.45) is 0 Å². The van der Waals surface area contributed by atoms with E-state index in [-0.39, 0.29) is 5.92 Å². The minimum atomic E-state index is 0.0866. The largest absolute Gasteiger partial charge is 0.494 e. The van der Waals surface area contributed by atoms with Gasteiger partial charge in [0.1, 0.15) is 11.5 Å². The van der Waals surface area contributed by atoms with E-state index in [0.717, 1.165) is 26.7 Å². The molecule has 1 atom stereocenters. The molecule has 1 aromatic rings. The Bertz CT molecular complexity index is 392.